The number of carbonyl (C=O) groups excluding carboxylic acids is 1. The minimum absolute atomic E-state index is 0.0830. The van der Waals surface area contributed by atoms with Gasteiger partial charge in [-0.2, -0.15) is 0 Å². The van der Waals surface area contributed by atoms with Gasteiger partial charge in [0.2, 0.25) is 0 Å². The molecule has 0 atom stereocenters. The third-order valence-corrected chi connectivity index (χ3v) is 4.50. The molecule has 6 nitrogen and oxygen atoms in total. The van der Waals surface area contributed by atoms with Crippen LogP contribution in [0.4, 0.5) is 0 Å². The number of esters is 1. The van der Waals surface area contributed by atoms with Crippen LogP contribution >= 0.6 is 11.6 Å². The van der Waals surface area contributed by atoms with Gasteiger partial charge in [0.05, 0.1) is 5.75 Å². The summed E-state index contributed by atoms with van der Waals surface area (Å²) in [6.07, 6.45) is 4.80. The molecule has 0 aromatic heterocycles. The number of carbonyl (C=O) groups is 1. The van der Waals surface area contributed by atoms with Crippen molar-refractivity contribution in [3.63, 3.8) is 0 Å². The summed E-state index contributed by atoms with van der Waals surface area (Å²) < 4.78 is 32.2. The van der Waals surface area contributed by atoms with E-state index >= 15 is 0 Å². The number of benzene rings is 1. The first-order valence-electron chi connectivity index (χ1n) is 6.40. The molecule has 114 valence electrons. The van der Waals surface area contributed by atoms with Crippen LogP contribution in [-0.4, -0.2) is 37.4 Å². The Balaban J connectivity index is 1.88. The van der Waals surface area contributed by atoms with Crippen LogP contribution in [0.1, 0.15) is 0 Å². The zero-order chi connectivity index (χ0) is 15.7. The molecule has 8 heteroatoms. The van der Waals surface area contributed by atoms with Gasteiger partial charge in [-0.05, 0) is 36.4 Å². The Morgan fingerprint density at radius 1 is 1.27 bits per heavy atom. The predicted molar refractivity (Wildman–Crippen MR) is 82.2 cm³/mol. The SMILES string of the molecule is O=C(Oc1ccc(Cl)cc1)C1=CC=CN2CCS(=O)(=O)N=C12. The molecular formula is C14H11ClN2O4S. The van der Waals surface area contributed by atoms with Crippen LogP contribution in [0.2, 0.25) is 5.02 Å². The van der Waals surface area contributed by atoms with Crippen LogP contribution in [0.15, 0.2) is 52.6 Å². The quantitative estimate of drug-likeness (QED) is 0.606. The van der Waals surface area contributed by atoms with Crippen molar-refractivity contribution in [2.45, 2.75) is 0 Å². The van der Waals surface area contributed by atoms with E-state index < -0.39 is 16.0 Å². The number of amidine groups is 1. The van der Waals surface area contributed by atoms with Gasteiger partial charge in [0, 0.05) is 17.8 Å². The van der Waals surface area contributed by atoms with Gasteiger partial charge in [0.15, 0.2) is 5.84 Å². The number of allylic oxidation sites excluding steroid dienone is 2. The second kappa shape index (κ2) is 5.58. The molecule has 1 aromatic rings. The third-order valence-electron chi connectivity index (χ3n) is 3.10. The number of hydrogen-bond donors (Lipinski definition) is 0. The topological polar surface area (TPSA) is 76.0 Å². The number of sulfonamides is 1. The molecule has 2 heterocycles. The highest BCUT2D eigenvalue weighted by molar-refractivity contribution is 7.90. The monoisotopic (exact) mass is 338 g/mol. The molecule has 3 rings (SSSR count). The summed E-state index contributed by atoms with van der Waals surface area (Å²) in [7, 11) is -3.55. The van der Waals surface area contributed by atoms with Crippen LogP contribution in [0.5, 0.6) is 5.75 Å². The predicted octanol–water partition coefficient (Wildman–Crippen LogP) is 1.74. The molecule has 0 bridgehead atoms. The molecule has 0 amide bonds. The lowest BCUT2D eigenvalue weighted by molar-refractivity contribution is -0.129. The van der Waals surface area contributed by atoms with Gasteiger partial charge in [-0.25, -0.2) is 13.2 Å². The number of nitrogens with zero attached hydrogens (tertiary/aromatic N) is 2. The van der Waals surface area contributed by atoms with Crippen LogP contribution in [0.25, 0.3) is 0 Å². The molecule has 0 saturated heterocycles. The van der Waals surface area contributed by atoms with Gasteiger partial charge in [-0.3, -0.25) is 0 Å². The van der Waals surface area contributed by atoms with E-state index in [9.17, 15) is 13.2 Å². The first kappa shape index (κ1) is 14.8. The molecule has 0 aliphatic carbocycles. The number of ether oxygens (including phenoxy) is 1. The Morgan fingerprint density at radius 2 is 2.00 bits per heavy atom. The van der Waals surface area contributed by atoms with E-state index in [1.165, 1.54) is 6.08 Å². The highest BCUT2D eigenvalue weighted by atomic mass is 35.5. The minimum Gasteiger partial charge on any atom is -0.423 e. The van der Waals surface area contributed by atoms with Crippen molar-refractivity contribution in [2.24, 2.45) is 4.40 Å². The molecule has 2 aliphatic heterocycles. The van der Waals surface area contributed by atoms with E-state index in [2.05, 4.69) is 4.40 Å². The molecule has 22 heavy (non-hydrogen) atoms. The normalized spacial score (nSPS) is 19.0. The Hall–Kier alpha value is -2.12. The van der Waals surface area contributed by atoms with Gasteiger partial charge in [-0.15, -0.1) is 4.40 Å². The van der Waals surface area contributed by atoms with E-state index in [0.29, 0.717) is 10.8 Å². The molecule has 1 aromatic carbocycles. The maximum Gasteiger partial charge on any atom is 0.347 e. The second-order valence-corrected chi connectivity index (χ2v) is 6.85. The van der Waals surface area contributed by atoms with Crippen LogP contribution in [0.3, 0.4) is 0 Å². The number of fused-ring (bicyclic) bond motifs is 1. The average molecular weight is 339 g/mol. The van der Waals surface area contributed by atoms with Crippen molar-refractivity contribution >= 4 is 33.4 Å². The molecule has 0 radical (unpaired) electrons. The van der Waals surface area contributed by atoms with Gasteiger partial charge in [0.25, 0.3) is 10.0 Å². The fraction of sp³-hybridized carbons (Fsp3) is 0.143. The Labute approximate surface area is 132 Å². The standard InChI is InChI=1S/C14H11ClN2O4S/c15-10-3-5-11(6-4-10)21-14(18)12-2-1-7-17-8-9-22(19,20)16-13(12)17/h1-7H,8-9H2. The summed E-state index contributed by atoms with van der Waals surface area (Å²) in [6, 6.07) is 6.29. The molecular weight excluding hydrogens is 328 g/mol. The zero-order valence-corrected chi connectivity index (χ0v) is 12.8. The number of rotatable bonds is 2. The second-order valence-electron chi connectivity index (χ2n) is 4.66. The Kier molecular flexibility index (Phi) is 3.76. The fourth-order valence-corrected chi connectivity index (χ4v) is 3.15. The molecule has 2 aliphatic rings. The van der Waals surface area contributed by atoms with Crippen molar-refractivity contribution in [2.75, 3.05) is 12.3 Å². The van der Waals surface area contributed by atoms with Crippen molar-refractivity contribution in [3.8, 4) is 5.75 Å². The lowest BCUT2D eigenvalue weighted by atomic mass is 10.1. The summed E-state index contributed by atoms with van der Waals surface area (Å²) in [5, 5.41) is 0.522. The Bertz CT molecular complexity index is 810. The first-order valence-corrected chi connectivity index (χ1v) is 8.39. The van der Waals surface area contributed by atoms with E-state index in [1.54, 1.807) is 41.4 Å². The zero-order valence-electron chi connectivity index (χ0n) is 11.3. The molecule has 0 spiro atoms. The van der Waals surface area contributed by atoms with E-state index in [4.69, 9.17) is 16.3 Å². The van der Waals surface area contributed by atoms with Crippen molar-refractivity contribution in [1.29, 1.82) is 0 Å². The lowest BCUT2D eigenvalue weighted by Gasteiger charge is -2.28. The van der Waals surface area contributed by atoms with Crippen molar-refractivity contribution in [3.05, 3.63) is 53.2 Å². The maximum atomic E-state index is 12.3. The van der Waals surface area contributed by atoms with Gasteiger partial charge in [-0.1, -0.05) is 11.6 Å². The average Bonchev–Trinajstić information content (AvgIpc) is 2.48. The summed E-state index contributed by atoms with van der Waals surface area (Å²) in [4.78, 5) is 13.9. The molecule has 0 saturated carbocycles. The highest BCUT2D eigenvalue weighted by Gasteiger charge is 2.30. The van der Waals surface area contributed by atoms with Gasteiger partial charge in [0.1, 0.15) is 11.3 Å². The van der Waals surface area contributed by atoms with Gasteiger partial charge >= 0.3 is 5.97 Å². The summed E-state index contributed by atoms with van der Waals surface area (Å²) >= 11 is 5.77. The number of hydrogen-bond acceptors (Lipinski definition) is 5. The Morgan fingerprint density at radius 3 is 2.73 bits per heavy atom. The molecule has 0 unspecified atom stereocenters. The minimum atomic E-state index is -3.55. The summed E-state index contributed by atoms with van der Waals surface area (Å²) in [5.74, 6) is -0.351. The third kappa shape index (κ3) is 3.05. The fourth-order valence-electron chi connectivity index (χ4n) is 2.04. The van der Waals surface area contributed by atoms with Gasteiger partial charge < -0.3 is 9.64 Å². The lowest BCUT2D eigenvalue weighted by Crippen LogP contribution is -2.40. The summed E-state index contributed by atoms with van der Waals surface area (Å²) in [6.45, 7) is 0.253. The van der Waals surface area contributed by atoms with E-state index in [0.717, 1.165) is 0 Å². The van der Waals surface area contributed by atoms with E-state index in [-0.39, 0.29) is 23.7 Å². The smallest absolute Gasteiger partial charge is 0.347 e. The van der Waals surface area contributed by atoms with Crippen LogP contribution in [-0.2, 0) is 14.8 Å². The molecule has 0 fully saturated rings. The van der Waals surface area contributed by atoms with Crippen molar-refractivity contribution in [1.82, 2.24) is 4.90 Å². The largest absolute Gasteiger partial charge is 0.423 e. The van der Waals surface area contributed by atoms with Crippen LogP contribution < -0.4 is 4.74 Å². The first-order chi connectivity index (χ1) is 10.4. The van der Waals surface area contributed by atoms with Crippen LogP contribution in [0, 0.1) is 0 Å². The highest BCUT2D eigenvalue weighted by Crippen LogP contribution is 2.21. The van der Waals surface area contributed by atoms with Crippen molar-refractivity contribution < 1.29 is 17.9 Å². The number of halogens is 1. The van der Waals surface area contributed by atoms with E-state index in [1.807, 2.05) is 0 Å². The summed E-state index contributed by atoms with van der Waals surface area (Å²) in [5.41, 5.74) is 0.0979. The molecule has 0 N–H and O–H groups in total. The maximum absolute atomic E-state index is 12.3.